The minimum Gasteiger partial charge on any atom is -0.513 e. The Hall–Kier alpha value is -1.31. The van der Waals surface area contributed by atoms with E-state index in [9.17, 15) is 9.50 Å². The predicted molar refractivity (Wildman–Crippen MR) is 76.7 cm³/mol. The molecule has 104 valence electrons. The molecule has 1 saturated carbocycles. The first-order valence-corrected chi connectivity index (χ1v) is 7.32. The molecule has 0 heterocycles. The lowest BCUT2D eigenvalue weighted by molar-refractivity contribution is 0.276. The highest BCUT2D eigenvalue weighted by Crippen LogP contribution is 2.38. The highest BCUT2D eigenvalue weighted by molar-refractivity contribution is 5.21. The Balaban J connectivity index is 1.97. The first-order valence-electron chi connectivity index (χ1n) is 7.32. The van der Waals surface area contributed by atoms with Crippen molar-refractivity contribution in [3.8, 4) is 0 Å². The zero-order valence-corrected chi connectivity index (χ0v) is 11.6. The van der Waals surface area contributed by atoms with Crippen LogP contribution in [0.2, 0.25) is 0 Å². The highest BCUT2D eigenvalue weighted by atomic mass is 19.1. The molecule has 1 aliphatic rings. The van der Waals surface area contributed by atoms with Crippen molar-refractivity contribution in [2.24, 2.45) is 5.92 Å². The minimum atomic E-state index is -0.167. The van der Waals surface area contributed by atoms with Crippen molar-refractivity contribution in [1.29, 1.82) is 0 Å². The Morgan fingerprint density at radius 2 is 2.05 bits per heavy atom. The van der Waals surface area contributed by atoms with Crippen LogP contribution in [0.25, 0.3) is 0 Å². The zero-order chi connectivity index (χ0) is 13.7. The van der Waals surface area contributed by atoms with Gasteiger partial charge in [-0.15, -0.1) is 0 Å². The fourth-order valence-corrected chi connectivity index (χ4v) is 3.13. The van der Waals surface area contributed by atoms with Crippen molar-refractivity contribution in [1.82, 2.24) is 0 Å². The van der Waals surface area contributed by atoms with Crippen molar-refractivity contribution in [3.05, 3.63) is 47.5 Å². The van der Waals surface area contributed by atoms with Gasteiger partial charge in [-0.05, 0) is 61.3 Å². The van der Waals surface area contributed by atoms with Gasteiger partial charge >= 0.3 is 0 Å². The van der Waals surface area contributed by atoms with Gasteiger partial charge in [0, 0.05) is 6.42 Å². The van der Waals surface area contributed by atoms with Crippen molar-refractivity contribution in [3.63, 3.8) is 0 Å². The average molecular weight is 262 g/mol. The molecule has 1 fully saturated rings. The molecular weight excluding hydrogens is 239 g/mol. The molecule has 2 rings (SSSR count). The molecule has 1 aromatic carbocycles. The van der Waals surface area contributed by atoms with E-state index < -0.39 is 0 Å². The topological polar surface area (TPSA) is 20.2 Å². The molecule has 2 atom stereocenters. The van der Waals surface area contributed by atoms with Crippen LogP contribution in [-0.4, -0.2) is 5.11 Å². The van der Waals surface area contributed by atoms with Crippen molar-refractivity contribution >= 4 is 0 Å². The standard InChI is InChI=1S/C17H23FO/c1-2-4-17(19)12-13-5-3-6-15(11-13)14-7-9-16(18)10-8-14/h4,7-10,13,15,19H,2-3,5-6,11-12H2,1H3/b17-4+. The molecule has 0 radical (unpaired) electrons. The van der Waals surface area contributed by atoms with Gasteiger partial charge in [0.15, 0.2) is 0 Å². The van der Waals surface area contributed by atoms with Gasteiger partial charge in [-0.2, -0.15) is 0 Å². The summed E-state index contributed by atoms with van der Waals surface area (Å²) in [6, 6.07) is 6.91. The molecule has 2 heteroatoms. The maximum atomic E-state index is 12.9. The summed E-state index contributed by atoms with van der Waals surface area (Å²) < 4.78 is 12.9. The first-order chi connectivity index (χ1) is 9.19. The van der Waals surface area contributed by atoms with E-state index in [0.29, 0.717) is 17.6 Å². The summed E-state index contributed by atoms with van der Waals surface area (Å²) in [4.78, 5) is 0. The van der Waals surface area contributed by atoms with Gasteiger partial charge in [-0.1, -0.05) is 25.5 Å². The third-order valence-corrected chi connectivity index (χ3v) is 4.06. The Morgan fingerprint density at radius 1 is 1.32 bits per heavy atom. The van der Waals surface area contributed by atoms with Crippen LogP contribution in [0.1, 0.15) is 56.9 Å². The third kappa shape index (κ3) is 4.09. The van der Waals surface area contributed by atoms with Gasteiger partial charge in [0.05, 0.1) is 5.76 Å². The molecule has 1 nitrogen and oxygen atoms in total. The van der Waals surface area contributed by atoms with E-state index in [1.807, 2.05) is 25.1 Å². The van der Waals surface area contributed by atoms with Crippen molar-refractivity contribution in [2.45, 2.75) is 51.4 Å². The number of aliphatic hydroxyl groups excluding tert-OH is 1. The number of rotatable bonds is 4. The summed E-state index contributed by atoms with van der Waals surface area (Å²) in [5.74, 6) is 1.45. The number of aliphatic hydroxyl groups is 1. The molecule has 19 heavy (non-hydrogen) atoms. The second-order valence-corrected chi connectivity index (χ2v) is 5.59. The molecule has 0 aliphatic heterocycles. The smallest absolute Gasteiger partial charge is 0.123 e. The van der Waals surface area contributed by atoms with Gasteiger partial charge in [-0.3, -0.25) is 0 Å². The maximum absolute atomic E-state index is 12.9. The SMILES string of the molecule is CC/C=C(/O)CC1CCCC(c2ccc(F)cc2)C1. The van der Waals surface area contributed by atoms with Gasteiger partial charge in [-0.25, -0.2) is 4.39 Å². The van der Waals surface area contributed by atoms with E-state index in [2.05, 4.69) is 0 Å². The summed E-state index contributed by atoms with van der Waals surface area (Å²) >= 11 is 0. The molecule has 0 amide bonds. The van der Waals surface area contributed by atoms with E-state index in [0.717, 1.165) is 19.3 Å². The lowest BCUT2D eigenvalue weighted by Gasteiger charge is -2.29. The maximum Gasteiger partial charge on any atom is 0.123 e. The van der Waals surface area contributed by atoms with Gasteiger partial charge in [0.2, 0.25) is 0 Å². The van der Waals surface area contributed by atoms with Crippen LogP contribution in [-0.2, 0) is 0 Å². The lowest BCUT2D eigenvalue weighted by Crippen LogP contribution is -2.15. The van der Waals surface area contributed by atoms with Crippen molar-refractivity contribution < 1.29 is 9.50 Å². The monoisotopic (exact) mass is 262 g/mol. The summed E-state index contributed by atoms with van der Waals surface area (Å²) in [6.45, 7) is 2.04. The van der Waals surface area contributed by atoms with E-state index in [1.165, 1.54) is 24.8 Å². The first kappa shape index (κ1) is 14.1. The molecule has 1 aromatic rings. The minimum absolute atomic E-state index is 0.167. The van der Waals surface area contributed by atoms with E-state index in [1.54, 1.807) is 12.1 Å². The van der Waals surface area contributed by atoms with Crippen LogP contribution in [0.4, 0.5) is 4.39 Å². The number of benzene rings is 1. The van der Waals surface area contributed by atoms with Gasteiger partial charge in [0.25, 0.3) is 0 Å². The normalized spacial score (nSPS) is 24.4. The summed E-state index contributed by atoms with van der Waals surface area (Å²) in [5.41, 5.74) is 1.24. The van der Waals surface area contributed by atoms with Crippen LogP contribution >= 0.6 is 0 Å². The third-order valence-electron chi connectivity index (χ3n) is 4.06. The Bertz CT molecular complexity index is 421. The fraction of sp³-hybridized carbons (Fsp3) is 0.529. The summed E-state index contributed by atoms with van der Waals surface area (Å²) in [5, 5.41) is 9.81. The van der Waals surface area contributed by atoms with Crippen LogP contribution in [0, 0.1) is 11.7 Å². The summed E-state index contributed by atoms with van der Waals surface area (Å²) in [6.07, 6.45) is 8.27. The van der Waals surface area contributed by atoms with E-state index >= 15 is 0 Å². The van der Waals surface area contributed by atoms with Crippen LogP contribution in [0.5, 0.6) is 0 Å². The zero-order valence-electron chi connectivity index (χ0n) is 11.6. The summed E-state index contributed by atoms with van der Waals surface area (Å²) in [7, 11) is 0. The number of hydrogen-bond acceptors (Lipinski definition) is 1. The largest absolute Gasteiger partial charge is 0.513 e. The Morgan fingerprint density at radius 3 is 2.74 bits per heavy atom. The van der Waals surface area contributed by atoms with Crippen LogP contribution in [0.15, 0.2) is 36.1 Å². The molecule has 0 bridgehead atoms. The molecule has 2 unspecified atom stereocenters. The molecule has 0 spiro atoms. The second kappa shape index (κ2) is 6.74. The predicted octanol–water partition coefficient (Wildman–Crippen LogP) is 5.34. The van der Waals surface area contributed by atoms with E-state index in [-0.39, 0.29) is 5.82 Å². The Kier molecular flexibility index (Phi) is 5.00. The van der Waals surface area contributed by atoms with E-state index in [4.69, 9.17) is 0 Å². The molecule has 1 N–H and O–H groups in total. The number of allylic oxidation sites excluding steroid dienone is 2. The molecule has 1 aliphatic carbocycles. The van der Waals surface area contributed by atoms with Gasteiger partial charge in [0.1, 0.15) is 5.82 Å². The quantitative estimate of drug-likeness (QED) is 0.726. The van der Waals surface area contributed by atoms with Crippen LogP contribution < -0.4 is 0 Å². The number of hydrogen-bond donors (Lipinski definition) is 1. The number of halogens is 1. The second-order valence-electron chi connectivity index (χ2n) is 5.59. The lowest BCUT2D eigenvalue weighted by atomic mass is 9.76. The molecule has 0 saturated heterocycles. The molecule has 0 aromatic heterocycles. The molecular formula is C17H23FO. The van der Waals surface area contributed by atoms with Crippen LogP contribution in [0.3, 0.4) is 0 Å². The Labute approximate surface area is 115 Å². The average Bonchev–Trinajstić information content (AvgIpc) is 2.40. The van der Waals surface area contributed by atoms with Gasteiger partial charge < -0.3 is 5.11 Å². The fourth-order valence-electron chi connectivity index (χ4n) is 3.13. The van der Waals surface area contributed by atoms with Crippen molar-refractivity contribution in [2.75, 3.05) is 0 Å². The highest BCUT2D eigenvalue weighted by Gasteiger charge is 2.23.